The van der Waals surface area contributed by atoms with Crippen molar-refractivity contribution in [1.29, 1.82) is 0 Å². The van der Waals surface area contributed by atoms with Gasteiger partial charge in [-0.3, -0.25) is 62.3 Å². The summed E-state index contributed by atoms with van der Waals surface area (Å²) in [5.74, 6) is -15.3. The highest BCUT2D eigenvalue weighted by molar-refractivity contribution is 5.99. The molecule has 0 spiro atoms. The van der Waals surface area contributed by atoms with E-state index >= 15 is 9.59 Å². The van der Waals surface area contributed by atoms with Gasteiger partial charge in [-0.2, -0.15) is 0 Å². The predicted octanol–water partition coefficient (Wildman–Crippen LogP) is -13.7. The molecule has 5 rings (SSSR count). The van der Waals surface area contributed by atoms with Crippen LogP contribution < -0.4 is 58.9 Å². The van der Waals surface area contributed by atoms with E-state index in [1.807, 2.05) is 5.32 Å². The number of hydrogen-bond acceptors (Lipinski definition) is 32. The molecule has 0 bridgehead atoms. The molecule has 5 aliphatic rings. The lowest BCUT2D eigenvalue weighted by molar-refractivity contribution is -0.339. The van der Waals surface area contributed by atoms with Crippen LogP contribution in [0.15, 0.2) is 0 Å². The highest BCUT2D eigenvalue weighted by Crippen LogP contribution is 2.33. The molecule has 626 valence electrons. The summed E-state index contributed by atoms with van der Waals surface area (Å²) in [6.07, 6.45) is -33.2. The van der Waals surface area contributed by atoms with E-state index in [1.54, 1.807) is 0 Å². The second kappa shape index (κ2) is 41.8. The molecule has 0 unspecified atom stereocenters. The highest BCUT2D eigenvalue weighted by atomic mass is 16.7. The van der Waals surface area contributed by atoms with Gasteiger partial charge in [0.15, 0.2) is 18.9 Å². The molecule has 5 heterocycles. The molecule has 110 heavy (non-hydrogen) atoms. The van der Waals surface area contributed by atoms with Crippen molar-refractivity contribution in [3.8, 4) is 0 Å². The molecule has 0 aromatic heterocycles. The van der Waals surface area contributed by atoms with E-state index in [0.29, 0.717) is 0 Å². The first-order valence-corrected chi connectivity index (χ1v) is 35.8. The molecular formula is C65H109N13O32. The summed E-state index contributed by atoms with van der Waals surface area (Å²) < 4.78 is 36.8. The van der Waals surface area contributed by atoms with Crippen LogP contribution in [0.4, 0.5) is 0 Å². The molecule has 0 saturated carbocycles. The van der Waals surface area contributed by atoms with Crippen LogP contribution in [0.2, 0.25) is 0 Å². The third-order valence-electron chi connectivity index (χ3n) is 19.0. The van der Waals surface area contributed by atoms with Gasteiger partial charge in [-0.25, -0.2) is 0 Å². The normalized spacial score (nSPS) is 30.5. The van der Waals surface area contributed by atoms with Gasteiger partial charge in [0.2, 0.25) is 70.9 Å². The van der Waals surface area contributed by atoms with Crippen molar-refractivity contribution in [2.24, 2.45) is 11.7 Å². The van der Waals surface area contributed by atoms with Gasteiger partial charge in [0, 0.05) is 33.9 Å². The monoisotopic (exact) mass is 1580 g/mol. The van der Waals surface area contributed by atoms with Crippen LogP contribution >= 0.6 is 0 Å². The van der Waals surface area contributed by atoms with Gasteiger partial charge in [0.1, 0.15) is 134 Å². The first kappa shape index (κ1) is 93.0. The summed E-state index contributed by atoms with van der Waals surface area (Å²) in [6.45, 7) is 8.26. The molecule has 30 atom stereocenters. The standard InChI is InChI=1S/C65H109N13O32/c1-22(2)39(71-59(101)42(26(6)84)74-60(102)41(25(5)83)73-56(98)38(66)23(3)81)58(100)75-43(27(7)85)61(103)77-16-12-15-33(77)55(97)76-44(62(104)78-17-13-14-32(78)54(96)72-40(24(4)82)57(99)67-18-37(89)90)28(8)106-65-47(70-31(11)88)53(110-64-46(69-30(10)87)52(95)49(92)35(20-80)108-64)50(93)36(109-65)21-105-63-45(68-29(9)86)51(94)48(91)34(19-79)107-63/h22-28,32-36,38-53,63-65,79-85,91-95H,12-21,66H2,1-11H3,(H,67,99)(H,68,86)(H,69,87)(H,70,88)(H,71,101)(H,72,96)(H,73,98)(H,74,102)(H,75,100)(H,76,97)(H,89,90)/t23-,24-,25-,26-,27-,28-,32+,33+,34-,35-,36-,38+,39+,40+,41+,42+,43+,44+,45-,46-,47-,48-,49-,50+,51-,52-,53-,63-,64+,65+/m1/s1. The number of rotatable bonds is 36. The van der Waals surface area contributed by atoms with Crippen LogP contribution in [0, 0.1) is 5.92 Å². The van der Waals surface area contributed by atoms with Crippen molar-refractivity contribution in [3.05, 3.63) is 0 Å². The van der Waals surface area contributed by atoms with Crippen LogP contribution in [0.1, 0.15) is 102 Å². The Kier molecular flexibility index (Phi) is 35.3. The van der Waals surface area contributed by atoms with Crippen LogP contribution in [0.5, 0.6) is 0 Å². The Hall–Kier alpha value is -7.65. The van der Waals surface area contributed by atoms with Crippen LogP contribution in [-0.4, -0.2) is 375 Å². The molecule has 25 N–H and O–H groups in total. The molecule has 5 saturated heterocycles. The molecular weight excluding hydrogens is 1470 g/mol. The molecule has 45 nitrogen and oxygen atoms in total. The predicted molar refractivity (Wildman–Crippen MR) is 367 cm³/mol. The van der Waals surface area contributed by atoms with Crippen molar-refractivity contribution in [3.63, 3.8) is 0 Å². The minimum atomic E-state index is -2.15. The fourth-order valence-electron chi connectivity index (χ4n) is 13.0. The summed E-state index contributed by atoms with van der Waals surface area (Å²) in [5, 5.41) is 162. The number of carboxylic acids is 1. The summed E-state index contributed by atoms with van der Waals surface area (Å²) in [6, 6.07) is -21.3. The Morgan fingerprint density at radius 1 is 0.464 bits per heavy atom. The van der Waals surface area contributed by atoms with Crippen molar-refractivity contribution < 1.29 is 157 Å². The molecule has 0 radical (unpaired) electrons. The zero-order chi connectivity index (χ0) is 82.9. The Morgan fingerprint density at radius 2 is 0.855 bits per heavy atom. The minimum Gasteiger partial charge on any atom is -0.480 e. The maximum Gasteiger partial charge on any atom is 0.322 e. The maximum absolute atomic E-state index is 15.6. The van der Waals surface area contributed by atoms with E-state index in [0.717, 1.165) is 65.2 Å². The van der Waals surface area contributed by atoms with Gasteiger partial charge in [-0.1, -0.05) is 13.8 Å². The smallest absolute Gasteiger partial charge is 0.322 e. The quantitative estimate of drug-likeness (QED) is 0.0277. The van der Waals surface area contributed by atoms with E-state index in [1.165, 1.54) is 20.8 Å². The largest absolute Gasteiger partial charge is 0.480 e. The molecule has 5 aliphatic heterocycles. The summed E-state index contributed by atoms with van der Waals surface area (Å²) in [5.41, 5.74) is 5.68. The second-order valence-electron chi connectivity index (χ2n) is 28.3. The number of nitrogens with two attached hydrogens (primary N) is 1. The van der Waals surface area contributed by atoms with Gasteiger partial charge < -0.3 is 164 Å². The Balaban J connectivity index is 1.58. The third kappa shape index (κ3) is 24.2. The van der Waals surface area contributed by atoms with Crippen LogP contribution in [0.3, 0.4) is 0 Å². The number of aliphatic hydroxyl groups is 12. The van der Waals surface area contributed by atoms with Gasteiger partial charge in [0.05, 0.1) is 56.4 Å². The first-order chi connectivity index (χ1) is 51.4. The summed E-state index contributed by atoms with van der Waals surface area (Å²) >= 11 is 0. The van der Waals surface area contributed by atoms with E-state index < -0.39 is 292 Å². The van der Waals surface area contributed by atoms with Crippen molar-refractivity contribution in [1.82, 2.24) is 63.0 Å². The minimum absolute atomic E-state index is 0.0274. The Morgan fingerprint density at radius 3 is 1.29 bits per heavy atom. The summed E-state index contributed by atoms with van der Waals surface area (Å²) in [4.78, 5) is 180. The SMILES string of the molecule is CC(=O)N[C@H]1[C@H](OC[C@H]2O[C@H](O[C@H](C)[C@H](NC(=O)[C@@H]3CCCN3C(=O)[C@@H](NC(=O)[C@@H](NC(=O)[C@@H](NC(=O)[C@@H](NC(=O)[C@@H](N)[C@@H](C)O)[C@@H](C)O)[C@@H](C)O)C(C)C)[C@@H](C)O)C(=O)N3CCC[C@H]3C(=O)N[C@H](C(=O)NCC(=O)O)[C@@H](C)O)[C@H](NC(C)=O)[C@@H](O[C@@H]3O[C@H](CO)[C@@H](O)[C@H](O)[C@H]3NC(C)=O)[C@H]2O)O[C@H](CO)[C@@H](O)[C@@H]1O. The van der Waals surface area contributed by atoms with Gasteiger partial charge in [0.25, 0.3) is 0 Å². The lowest BCUT2D eigenvalue weighted by atomic mass is 9.94. The Labute approximate surface area is 631 Å². The van der Waals surface area contributed by atoms with Crippen molar-refractivity contribution in [2.45, 2.75) is 285 Å². The van der Waals surface area contributed by atoms with Crippen molar-refractivity contribution >= 4 is 76.9 Å². The fraction of sp³-hybridized carbons (Fsp3) is 0.800. The molecule has 0 aromatic rings. The molecule has 0 aliphatic carbocycles. The number of aliphatic hydroxyl groups excluding tert-OH is 12. The highest BCUT2D eigenvalue weighted by Gasteiger charge is 2.55. The molecule has 5 fully saturated rings. The zero-order valence-corrected chi connectivity index (χ0v) is 62.5. The van der Waals surface area contributed by atoms with E-state index in [4.69, 9.17) is 34.2 Å². The van der Waals surface area contributed by atoms with E-state index in [2.05, 4.69) is 47.9 Å². The van der Waals surface area contributed by atoms with Crippen LogP contribution in [0.25, 0.3) is 0 Å². The topological polar surface area (TPSA) is 693 Å². The van der Waals surface area contributed by atoms with E-state index in [9.17, 15) is 119 Å². The van der Waals surface area contributed by atoms with Gasteiger partial charge >= 0.3 is 5.97 Å². The lowest BCUT2D eigenvalue weighted by Gasteiger charge is -2.49. The number of nitrogens with one attached hydrogen (secondary N) is 10. The Bertz CT molecular complexity index is 3190. The fourth-order valence-corrected chi connectivity index (χ4v) is 13.0. The van der Waals surface area contributed by atoms with Crippen LogP contribution in [-0.2, 0) is 90.8 Å². The number of hydrogen-bond donors (Lipinski definition) is 24. The third-order valence-corrected chi connectivity index (χ3v) is 19.0. The first-order valence-electron chi connectivity index (χ1n) is 35.8. The number of ether oxygens (including phenoxy) is 6. The number of carbonyl (C=O) groups is 13. The number of carbonyl (C=O) groups excluding carboxylic acids is 12. The van der Waals surface area contributed by atoms with Gasteiger partial charge in [-0.05, 0) is 73.1 Å². The number of amides is 12. The number of aliphatic carboxylic acids is 1. The number of carboxylic acid groups (broad SMARTS) is 1. The lowest BCUT2D eigenvalue weighted by Crippen LogP contribution is -2.70. The maximum atomic E-state index is 15.6. The number of likely N-dealkylation sites (tertiary alicyclic amines) is 2. The molecule has 12 amide bonds. The van der Waals surface area contributed by atoms with Crippen molar-refractivity contribution in [2.75, 3.05) is 39.5 Å². The number of nitrogens with zero attached hydrogens (tertiary/aromatic N) is 2. The van der Waals surface area contributed by atoms with Gasteiger partial charge in [-0.15, -0.1) is 0 Å². The average Bonchev–Trinajstić information content (AvgIpc) is 0.784. The average molecular weight is 1580 g/mol. The zero-order valence-electron chi connectivity index (χ0n) is 62.5. The second-order valence-corrected chi connectivity index (χ2v) is 28.3. The molecule has 45 heteroatoms. The van der Waals surface area contributed by atoms with E-state index in [-0.39, 0.29) is 38.8 Å². The molecule has 0 aromatic carbocycles. The summed E-state index contributed by atoms with van der Waals surface area (Å²) in [7, 11) is 0.